The number of amides is 1. The Labute approximate surface area is 162 Å². The molecule has 0 aliphatic heterocycles. The van der Waals surface area contributed by atoms with Gasteiger partial charge in [-0.05, 0) is 69.1 Å². The predicted molar refractivity (Wildman–Crippen MR) is 106 cm³/mol. The summed E-state index contributed by atoms with van der Waals surface area (Å²) in [5, 5.41) is 0.724. The number of hydrogen-bond donors (Lipinski definition) is 1. The lowest BCUT2D eigenvalue weighted by molar-refractivity contribution is -0.141. The van der Waals surface area contributed by atoms with Crippen molar-refractivity contribution in [2.75, 3.05) is 0 Å². The SMILES string of the molecule is CC(C)N(Cc1cccc(Cl)c1)C(=O)C1CC2CCCC(C1)C2N.Cl. The van der Waals surface area contributed by atoms with Gasteiger partial charge in [-0.1, -0.05) is 30.2 Å². The molecule has 0 radical (unpaired) electrons. The van der Waals surface area contributed by atoms with Crippen molar-refractivity contribution in [2.45, 2.75) is 64.6 Å². The van der Waals surface area contributed by atoms with Crippen LogP contribution < -0.4 is 5.73 Å². The largest absolute Gasteiger partial charge is 0.336 e. The lowest BCUT2D eigenvalue weighted by atomic mass is 9.65. The average molecular weight is 385 g/mol. The summed E-state index contributed by atoms with van der Waals surface area (Å²) in [4.78, 5) is 15.2. The zero-order valence-electron chi connectivity index (χ0n) is 15.2. The van der Waals surface area contributed by atoms with Crippen molar-refractivity contribution in [3.8, 4) is 0 Å². The number of rotatable bonds is 4. The first-order valence-electron chi connectivity index (χ1n) is 9.26. The molecule has 2 bridgehead atoms. The number of halogens is 2. The highest BCUT2D eigenvalue weighted by atomic mass is 35.5. The van der Waals surface area contributed by atoms with Gasteiger partial charge in [-0.3, -0.25) is 4.79 Å². The van der Waals surface area contributed by atoms with E-state index in [0.717, 1.165) is 23.4 Å². The lowest BCUT2D eigenvalue weighted by Gasteiger charge is -2.45. The fraction of sp³-hybridized carbons (Fsp3) is 0.650. The minimum absolute atomic E-state index is 0. The van der Waals surface area contributed by atoms with Gasteiger partial charge in [-0.25, -0.2) is 0 Å². The average Bonchev–Trinajstić information content (AvgIpc) is 2.51. The monoisotopic (exact) mass is 384 g/mol. The quantitative estimate of drug-likeness (QED) is 0.820. The van der Waals surface area contributed by atoms with Gasteiger partial charge in [-0.2, -0.15) is 0 Å². The van der Waals surface area contributed by atoms with Crippen molar-refractivity contribution < 1.29 is 4.79 Å². The molecule has 2 saturated carbocycles. The van der Waals surface area contributed by atoms with Crippen molar-refractivity contribution >= 4 is 29.9 Å². The zero-order valence-corrected chi connectivity index (χ0v) is 16.7. The second-order valence-corrected chi connectivity index (χ2v) is 8.32. The van der Waals surface area contributed by atoms with Crippen LogP contribution in [0.25, 0.3) is 0 Å². The van der Waals surface area contributed by atoms with E-state index in [-0.39, 0.29) is 24.4 Å². The molecule has 1 aromatic carbocycles. The van der Waals surface area contributed by atoms with Crippen LogP contribution >= 0.6 is 24.0 Å². The molecular formula is C20H30Cl2N2O. The van der Waals surface area contributed by atoms with Crippen LogP contribution in [0.5, 0.6) is 0 Å². The number of nitrogens with zero attached hydrogens (tertiary/aromatic N) is 1. The summed E-state index contributed by atoms with van der Waals surface area (Å²) in [6.07, 6.45) is 5.60. The van der Waals surface area contributed by atoms with Crippen molar-refractivity contribution in [1.82, 2.24) is 4.90 Å². The molecule has 1 aromatic rings. The molecule has 5 heteroatoms. The molecule has 3 rings (SSSR count). The van der Waals surface area contributed by atoms with Gasteiger partial charge in [-0.15, -0.1) is 12.4 Å². The van der Waals surface area contributed by atoms with E-state index in [2.05, 4.69) is 13.8 Å². The Morgan fingerprint density at radius 3 is 2.48 bits per heavy atom. The van der Waals surface area contributed by atoms with E-state index in [1.807, 2.05) is 29.2 Å². The summed E-state index contributed by atoms with van der Waals surface area (Å²) < 4.78 is 0. The van der Waals surface area contributed by atoms with E-state index in [1.54, 1.807) is 0 Å². The van der Waals surface area contributed by atoms with Crippen LogP contribution in [0.3, 0.4) is 0 Å². The Morgan fingerprint density at radius 2 is 1.92 bits per heavy atom. The second-order valence-electron chi connectivity index (χ2n) is 7.89. The van der Waals surface area contributed by atoms with Gasteiger partial charge in [0.25, 0.3) is 0 Å². The van der Waals surface area contributed by atoms with Crippen molar-refractivity contribution in [3.05, 3.63) is 34.9 Å². The third kappa shape index (κ3) is 4.69. The number of nitrogens with two attached hydrogens (primary N) is 1. The van der Waals surface area contributed by atoms with Gasteiger partial charge < -0.3 is 10.6 Å². The smallest absolute Gasteiger partial charge is 0.226 e. The standard InChI is InChI=1S/C20H29ClN2O.ClH/c1-13(2)23(12-14-5-3-8-18(21)9-14)20(24)17-10-15-6-4-7-16(11-17)19(15)22;/h3,5,8-9,13,15-17,19H,4,6-7,10-12,22H2,1-2H3;1H. The van der Waals surface area contributed by atoms with E-state index in [0.29, 0.717) is 30.3 Å². The number of benzene rings is 1. The number of carbonyl (C=O) groups is 1. The summed E-state index contributed by atoms with van der Waals surface area (Å²) in [6, 6.07) is 8.31. The van der Waals surface area contributed by atoms with Crippen LogP contribution in [0, 0.1) is 17.8 Å². The summed E-state index contributed by atoms with van der Waals surface area (Å²) in [6.45, 7) is 4.82. The van der Waals surface area contributed by atoms with Crippen LogP contribution in [-0.4, -0.2) is 22.9 Å². The Morgan fingerprint density at radius 1 is 1.28 bits per heavy atom. The van der Waals surface area contributed by atoms with Crippen LogP contribution in [-0.2, 0) is 11.3 Å². The van der Waals surface area contributed by atoms with E-state index in [4.69, 9.17) is 17.3 Å². The fourth-order valence-electron chi connectivity index (χ4n) is 4.57. The van der Waals surface area contributed by atoms with Crippen LogP contribution in [0.2, 0.25) is 5.02 Å². The number of fused-ring (bicyclic) bond motifs is 2. The first-order chi connectivity index (χ1) is 11.5. The molecule has 1 amide bonds. The third-order valence-electron chi connectivity index (χ3n) is 5.91. The van der Waals surface area contributed by atoms with Gasteiger partial charge in [0.1, 0.15) is 0 Å². The van der Waals surface area contributed by atoms with E-state index in [1.165, 1.54) is 19.3 Å². The number of hydrogen-bond acceptors (Lipinski definition) is 2. The van der Waals surface area contributed by atoms with E-state index < -0.39 is 0 Å². The Balaban J connectivity index is 0.00000225. The molecule has 0 saturated heterocycles. The first kappa shape index (κ1) is 20.5. The molecule has 0 aromatic heterocycles. The van der Waals surface area contributed by atoms with Gasteiger partial charge in [0.15, 0.2) is 0 Å². The fourth-order valence-corrected chi connectivity index (χ4v) is 4.79. The zero-order chi connectivity index (χ0) is 17.3. The normalized spacial score (nSPS) is 28.4. The van der Waals surface area contributed by atoms with Crippen LogP contribution in [0.4, 0.5) is 0 Å². The van der Waals surface area contributed by atoms with E-state index >= 15 is 0 Å². The molecule has 140 valence electrons. The Hall–Kier alpha value is -0.770. The number of carbonyl (C=O) groups excluding carboxylic acids is 1. The maximum Gasteiger partial charge on any atom is 0.226 e. The molecule has 2 aliphatic rings. The minimum atomic E-state index is 0. The molecule has 2 atom stereocenters. The van der Waals surface area contributed by atoms with Gasteiger partial charge in [0.2, 0.25) is 5.91 Å². The molecule has 2 N–H and O–H groups in total. The summed E-state index contributed by atoms with van der Waals surface area (Å²) in [7, 11) is 0. The molecule has 0 spiro atoms. The summed E-state index contributed by atoms with van der Waals surface area (Å²) in [5.74, 6) is 1.51. The predicted octanol–water partition coefficient (Wildman–Crippen LogP) is 4.65. The molecule has 3 nitrogen and oxygen atoms in total. The van der Waals surface area contributed by atoms with Crippen molar-refractivity contribution in [3.63, 3.8) is 0 Å². The Kier molecular flexibility index (Phi) is 7.19. The molecule has 0 heterocycles. The second kappa shape index (κ2) is 8.75. The van der Waals surface area contributed by atoms with Gasteiger partial charge in [0, 0.05) is 29.6 Å². The van der Waals surface area contributed by atoms with Crippen LogP contribution in [0.1, 0.15) is 51.5 Å². The molecule has 2 unspecified atom stereocenters. The summed E-state index contributed by atoms with van der Waals surface area (Å²) in [5.41, 5.74) is 7.48. The topological polar surface area (TPSA) is 46.3 Å². The van der Waals surface area contributed by atoms with E-state index in [9.17, 15) is 4.79 Å². The highest BCUT2D eigenvalue weighted by Crippen LogP contribution is 2.42. The molecule has 2 aliphatic carbocycles. The first-order valence-corrected chi connectivity index (χ1v) is 9.64. The lowest BCUT2D eigenvalue weighted by Crippen LogP contribution is -2.50. The van der Waals surface area contributed by atoms with Crippen LogP contribution in [0.15, 0.2) is 24.3 Å². The van der Waals surface area contributed by atoms with Crippen molar-refractivity contribution in [1.29, 1.82) is 0 Å². The van der Waals surface area contributed by atoms with Gasteiger partial charge in [0.05, 0.1) is 0 Å². The van der Waals surface area contributed by atoms with Gasteiger partial charge >= 0.3 is 0 Å². The highest BCUT2D eigenvalue weighted by molar-refractivity contribution is 6.30. The molecule has 2 fully saturated rings. The molecule has 25 heavy (non-hydrogen) atoms. The Bertz CT molecular complexity index is 579. The molecular weight excluding hydrogens is 355 g/mol. The highest BCUT2D eigenvalue weighted by Gasteiger charge is 2.41. The maximum absolute atomic E-state index is 13.2. The van der Waals surface area contributed by atoms with Crippen molar-refractivity contribution in [2.24, 2.45) is 23.5 Å². The minimum Gasteiger partial charge on any atom is -0.336 e. The third-order valence-corrected chi connectivity index (χ3v) is 6.15. The maximum atomic E-state index is 13.2. The summed E-state index contributed by atoms with van der Waals surface area (Å²) >= 11 is 6.10.